The second-order valence-electron chi connectivity index (χ2n) is 6.21. The predicted molar refractivity (Wildman–Crippen MR) is 90.3 cm³/mol. The van der Waals surface area contributed by atoms with E-state index in [9.17, 15) is 18.0 Å². The molecule has 12 heteroatoms. The number of carbonyl (C=O) groups excluding carboxylic acids is 1. The minimum atomic E-state index is -4.73. The number of alkyl halides is 3. The third kappa shape index (κ3) is 3.72. The van der Waals surface area contributed by atoms with Crippen LogP contribution in [0.15, 0.2) is 28.6 Å². The van der Waals surface area contributed by atoms with Gasteiger partial charge in [-0.15, -0.1) is 11.3 Å². The lowest BCUT2D eigenvalue weighted by Crippen LogP contribution is -2.39. The van der Waals surface area contributed by atoms with E-state index in [1.54, 1.807) is 16.6 Å². The highest BCUT2D eigenvalue weighted by molar-refractivity contribution is 7.11. The molecular weight excluding hydrogens is 397 g/mol. The Bertz CT molecular complexity index is 975. The van der Waals surface area contributed by atoms with Crippen molar-refractivity contribution in [1.82, 2.24) is 30.0 Å². The maximum absolute atomic E-state index is 12.6. The molecule has 1 atom stereocenters. The second kappa shape index (κ2) is 7.26. The molecule has 0 aliphatic carbocycles. The van der Waals surface area contributed by atoms with E-state index in [0.717, 1.165) is 12.8 Å². The maximum Gasteiger partial charge on any atom is 0.471 e. The molecule has 146 valence electrons. The lowest BCUT2D eigenvalue weighted by Gasteiger charge is -2.32. The van der Waals surface area contributed by atoms with Crippen molar-refractivity contribution in [3.63, 3.8) is 0 Å². The summed E-state index contributed by atoms with van der Waals surface area (Å²) in [6.45, 7) is 1.06. The third-order valence-electron chi connectivity index (χ3n) is 4.32. The number of aromatic nitrogens is 5. The Morgan fingerprint density at radius 1 is 1.21 bits per heavy atom. The van der Waals surface area contributed by atoms with Gasteiger partial charge in [-0.1, -0.05) is 5.16 Å². The van der Waals surface area contributed by atoms with E-state index in [1.807, 2.05) is 0 Å². The monoisotopic (exact) mass is 410 g/mol. The van der Waals surface area contributed by atoms with Crippen LogP contribution < -0.4 is 0 Å². The standard InChI is InChI=1S/C16H13F3N6O2S/c17-16(18,19)15-23-13(24-27-15)11-5-20-4-10(22-11)9-2-1-3-25(7-9)14(26)12-6-21-8-28-12/h4-6,8-9H,1-3,7H2/t9-/m1/s1. The van der Waals surface area contributed by atoms with Crippen molar-refractivity contribution in [3.05, 3.63) is 40.6 Å². The van der Waals surface area contributed by atoms with Crippen LogP contribution in [0.2, 0.25) is 0 Å². The first-order chi connectivity index (χ1) is 13.4. The largest absolute Gasteiger partial charge is 0.471 e. The van der Waals surface area contributed by atoms with Gasteiger partial charge in [0.25, 0.3) is 5.91 Å². The Hall–Kier alpha value is -2.89. The number of nitrogens with zero attached hydrogens (tertiary/aromatic N) is 6. The molecule has 1 saturated heterocycles. The molecule has 0 N–H and O–H groups in total. The fourth-order valence-electron chi connectivity index (χ4n) is 3.01. The summed E-state index contributed by atoms with van der Waals surface area (Å²) in [6, 6.07) is 0. The van der Waals surface area contributed by atoms with E-state index in [4.69, 9.17) is 0 Å². The molecule has 0 spiro atoms. The summed E-state index contributed by atoms with van der Waals surface area (Å²) in [5, 5.41) is 3.34. The molecule has 0 bridgehead atoms. The highest BCUT2D eigenvalue weighted by Crippen LogP contribution is 2.30. The molecule has 1 aliphatic rings. The molecule has 0 aromatic carbocycles. The zero-order valence-corrected chi connectivity index (χ0v) is 15.1. The van der Waals surface area contributed by atoms with Gasteiger partial charge >= 0.3 is 12.1 Å². The lowest BCUT2D eigenvalue weighted by atomic mass is 9.95. The summed E-state index contributed by atoms with van der Waals surface area (Å²) in [6.07, 6.45) is 1.19. The van der Waals surface area contributed by atoms with Crippen LogP contribution in [0.4, 0.5) is 13.2 Å². The molecule has 3 aromatic heterocycles. The zero-order chi connectivity index (χ0) is 19.7. The normalized spacial score (nSPS) is 17.7. The van der Waals surface area contributed by atoms with Gasteiger partial charge in [-0.2, -0.15) is 18.2 Å². The first-order valence-corrected chi connectivity index (χ1v) is 9.21. The van der Waals surface area contributed by atoms with E-state index in [1.165, 1.54) is 23.7 Å². The number of hydrogen-bond acceptors (Lipinski definition) is 8. The van der Waals surface area contributed by atoms with Crippen molar-refractivity contribution >= 4 is 17.2 Å². The summed E-state index contributed by atoms with van der Waals surface area (Å²) < 4.78 is 42.2. The summed E-state index contributed by atoms with van der Waals surface area (Å²) in [7, 11) is 0. The van der Waals surface area contributed by atoms with Gasteiger partial charge in [0.1, 0.15) is 10.6 Å². The van der Waals surface area contributed by atoms with Gasteiger partial charge < -0.3 is 9.42 Å². The number of amides is 1. The number of rotatable bonds is 3. The average Bonchev–Trinajstić information content (AvgIpc) is 3.39. The molecule has 28 heavy (non-hydrogen) atoms. The fraction of sp³-hybridized carbons (Fsp3) is 0.375. The second-order valence-corrected chi connectivity index (χ2v) is 7.09. The molecular formula is C16H13F3N6O2S. The van der Waals surface area contributed by atoms with Crippen molar-refractivity contribution in [3.8, 4) is 11.5 Å². The van der Waals surface area contributed by atoms with Gasteiger partial charge in [0, 0.05) is 25.2 Å². The molecule has 0 unspecified atom stereocenters. The molecule has 4 rings (SSSR count). The van der Waals surface area contributed by atoms with Crippen LogP contribution in [0.5, 0.6) is 0 Å². The Kier molecular flexibility index (Phi) is 4.79. The van der Waals surface area contributed by atoms with E-state index in [0.29, 0.717) is 23.7 Å². The summed E-state index contributed by atoms with van der Waals surface area (Å²) in [4.78, 5) is 30.5. The van der Waals surface area contributed by atoms with Crippen LogP contribution >= 0.6 is 11.3 Å². The first kappa shape index (κ1) is 18.5. The van der Waals surface area contributed by atoms with Crippen molar-refractivity contribution in [2.75, 3.05) is 13.1 Å². The highest BCUT2D eigenvalue weighted by atomic mass is 32.1. The average molecular weight is 410 g/mol. The van der Waals surface area contributed by atoms with Crippen molar-refractivity contribution in [1.29, 1.82) is 0 Å². The molecule has 8 nitrogen and oxygen atoms in total. The molecule has 1 amide bonds. The summed E-state index contributed by atoms with van der Waals surface area (Å²) in [5.41, 5.74) is 2.25. The Labute approximate surface area is 160 Å². The third-order valence-corrected chi connectivity index (χ3v) is 5.08. The van der Waals surface area contributed by atoms with Crippen molar-refractivity contribution in [2.24, 2.45) is 0 Å². The van der Waals surface area contributed by atoms with E-state index < -0.39 is 12.1 Å². The lowest BCUT2D eigenvalue weighted by molar-refractivity contribution is -0.159. The van der Waals surface area contributed by atoms with Crippen LogP contribution in [0.3, 0.4) is 0 Å². The number of likely N-dealkylation sites (tertiary alicyclic amines) is 1. The molecule has 3 aromatic rings. The van der Waals surface area contributed by atoms with Crippen molar-refractivity contribution in [2.45, 2.75) is 24.9 Å². The Morgan fingerprint density at radius 2 is 2.07 bits per heavy atom. The Morgan fingerprint density at radius 3 is 2.79 bits per heavy atom. The van der Waals surface area contributed by atoms with Gasteiger partial charge in [0.05, 0.1) is 23.6 Å². The smallest absolute Gasteiger partial charge is 0.337 e. The number of hydrogen-bond donors (Lipinski definition) is 0. The van der Waals surface area contributed by atoms with Crippen LogP contribution in [-0.4, -0.2) is 49.0 Å². The van der Waals surface area contributed by atoms with E-state index >= 15 is 0 Å². The topological polar surface area (TPSA) is 97.9 Å². The van der Waals surface area contributed by atoms with E-state index in [-0.39, 0.29) is 23.3 Å². The van der Waals surface area contributed by atoms with Gasteiger partial charge in [-0.25, -0.2) is 4.98 Å². The summed E-state index contributed by atoms with van der Waals surface area (Å²) in [5.74, 6) is -1.90. The van der Waals surface area contributed by atoms with Gasteiger partial charge in [-0.05, 0) is 12.8 Å². The molecule has 0 saturated carbocycles. The summed E-state index contributed by atoms with van der Waals surface area (Å²) >= 11 is 1.28. The number of thiazole rings is 1. The molecule has 1 aliphatic heterocycles. The van der Waals surface area contributed by atoms with Crippen molar-refractivity contribution < 1.29 is 22.5 Å². The quantitative estimate of drug-likeness (QED) is 0.655. The predicted octanol–water partition coefficient (Wildman–Crippen LogP) is 3.02. The Balaban J connectivity index is 1.54. The van der Waals surface area contributed by atoms with Crippen LogP contribution in [0, 0.1) is 0 Å². The minimum Gasteiger partial charge on any atom is -0.337 e. The number of piperidine rings is 1. The van der Waals surface area contributed by atoms with Crippen LogP contribution in [-0.2, 0) is 6.18 Å². The first-order valence-electron chi connectivity index (χ1n) is 8.33. The minimum absolute atomic E-state index is 0.0858. The number of halogens is 3. The highest BCUT2D eigenvalue weighted by Gasteiger charge is 2.38. The molecule has 0 radical (unpaired) electrons. The molecule has 1 fully saturated rings. The zero-order valence-electron chi connectivity index (χ0n) is 14.3. The number of carbonyl (C=O) groups is 1. The van der Waals surface area contributed by atoms with Crippen LogP contribution in [0.25, 0.3) is 11.5 Å². The van der Waals surface area contributed by atoms with E-state index in [2.05, 4.69) is 29.6 Å². The fourth-order valence-corrected chi connectivity index (χ4v) is 3.60. The van der Waals surface area contributed by atoms with Gasteiger partial charge in [0.15, 0.2) is 0 Å². The SMILES string of the molecule is O=C(c1cncs1)N1CCC[C@@H](c2cncc(-c3noc(C(F)(F)F)n3)n2)C1. The molecule has 4 heterocycles. The van der Waals surface area contributed by atoms with Gasteiger partial charge in [-0.3, -0.25) is 14.8 Å². The van der Waals surface area contributed by atoms with Crippen LogP contribution in [0.1, 0.15) is 40.0 Å². The maximum atomic E-state index is 12.6. The van der Waals surface area contributed by atoms with Gasteiger partial charge in [0.2, 0.25) is 5.82 Å².